The van der Waals surface area contributed by atoms with Gasteiger partial charge in [0.15, 0.2) is 0 Å². The number of hydrogen-bond acceptors (Lipinski definition) is 6. The zero-order chi connectivity index (χ0) is 18.3. The van der Waals surface area contributed by atoms with Gasteiger partial charge in [0, 0.05) is 34.3 Å². The third-order valence-electron chi connectivity index (χ3n) is 4.83. The Kier molecular flexibility index (Phi) is 5.55. The van der Waals surface area contributed by atoms with Crippen LogP contribution in [0.5, 0.6) is 0 Å². The van der Waals surface area contributed by atoms with Crippen molar-refractivity contribution in [3.8, 4) is 0 Å². The lowest BCUT2D eigenvalue weighted by Crippen LogP contribution is -2.39. The van der Waals surface area contributed by atoms with Gasteiger partial charge in [-0.05, 0) is 46.6 Å². The number of nitrogens with two attached hydrogens (primary N) is 1. The summed E-state index contributed by atoms with van der Waals surface area (Å²) in [6, 6.07) is 5.97. The van der Waals surface area contributed by atoms with Crippen molar-refractivity contribution in [1.82, 2.24) is 4.98 Å². The second-order valence-corrected chi connectivity index (χ2v) is 9.84. The van der Waals surface area contributed by atoms with Crippen molar-refractivity contribution in [2.45, 2.75) is 43.9 Å². The van der Waals surface area contributed by atoms with Gasteiger partial charge in [-0.3, -0.25) is 0 Å². The summed E-state index contributed by atoms with van der Waals surface area (Å²) >= 11 is 13.3. The van der Waals surface area contributed by atoms with Crippen LogP contribution in [0.3, 0.4) is 0 Å². The Bertz CT molecular complexity index is 905. The third-order valence-corrected chi connectivity index (χ3v) is 8.28. The maximum atomic E-state index is 10.5. The molecule has 26 heavy (non-hydrogen) atoms. The van der Waals surface area contributed by atoms with Gasteiger partial charge in [-0.1, -0.05) is 17.7 Å². The Labute approximate surface area is 173 Å². The van der Waals surface area contributed by atoms with Crippen molar-refractivity contribution in [1.29, 1.82) is 0 Å². The third kappa shape index (κ3) is 3.53. The largest absolute Gasteiger partial charge is 0.392 e. The smallest absolute Gasteiger partial charge is 0.131 e. The van der Waals surface area contributed by atoms with Gasteiger partial charge in [-0.25, -0.2) is 4.98 Å². The Morgan fingerprint density at radius 2 is 2.27 bits per heavy atom. The van der Waals surface area contributed by atoms with Crippen LogP contribution in [0.2, 0.25) is 5.15 Å². The predicted molar refractivity (Wildman–Crippen MR) is 115 cm³/mol. The van der Waals surface area contributed by atoms with Gasteiger partial charge < -0.3 is 16.2 Å². The average molecular weight is 473 g/mol. The number of aromatic nitrogens is 1. The van der Waals surface area contributed by atoms with E-state index in [1.165, 1.54) is 4.88 Å². The molecule has 0 bridgehead atoms. The summed E-state index contributed by atoms with van der Waals surface area (Å²) in [7, 11) is 0. The second-order valence-electron chi connectivity index (χ2n) is 6.57. The van der Waals surface area contributed by atoms with Crippen LogP contribution in [0.15, 0.2) is 28.1 Å². The quantitative estimate of drug-likeness (QED) is 0.448. The summed E-state index contributed by atoms with van der Waals surface area (Å²) in [6.45, 7) is 0.740. The maximum absolute atomic E-state index is 10.5. The molecule has 4 nitrogen and oxygen atoms in total. The predicted octanol–water partition coefficient (Wildman–Crippen LogP) is 5.34. The Hall–Kier alpha value is -0.700. The summed E-state index contributed by atoms with van der Waals surface area (Å²) in [5.74, 6) is -0.0683. The SMILES string of the molecule is N[C@@H]1CCC[C@@H](O)[C@H]1c1sc2c(NCc3cccs3)cc(Cl)nc2c1Br. The number of pyridine rings is 1. The molecule has 0 spiro atoms. The van der Waals surface area contributed by atoms with Crippen LogP contribution in [-0.2, 0) is 6.54 Å². The van der Waals surface area contributed by atoms with Crippen molar-refractivity contribution in [2.24, 2.45) is 5.73 Å². The topological polar surface area (TPSA) is 71.2 Å². The van der Waals surface area contributed by atoms with Crippen molar-refractivity contribution >= 4 is 66.1 Å². The Morgan fingerprint density at radius 3 is 3.00 bits per heavy atom. The van der Waals surface area contributed by atoms with E-state index in [0.29, 0.717) is 5.15 Å². The van der Waals surface area contributed by atoms with E-state index >= 15 is 0 Å². The van der Waals surface area contributed by atoms with E-state index < -0.39 is 6.10 Å². The number of halogens is 2. The molecule has 3 aromatic heterocycles. The average Bonchev–Trinajstić information content (AvgIpc) is 3.22. The number of aliphatic hydroxyl groups excluding tert-OH is 1. The molecule has 1 aliphatic carbocycles. The molecule has 138 valence electrons. The number of aliphatic hydroxyl groups is 1. The van der Waals surface area contributed by atoms with Gasteiger partial charge in [0.05, 0.1) is 26.5 Å². The highest BCUT2D eigenvalue weighted by Crippen LogP contribution is 2.46. The van der Waals surface area contributed by atoms with Gasteiger partial charge >= 0.3 is 0 Å². The highest BCUT2D eigenvalue weighted by molar-refractivity contribution is 9.10. The van der Waals surface area contributed by atoms with E-state index in [1.807, 2.05) is 12.1 Å². The molecule has 4 rings (SSSR count). The molecule has 1 saturated carbocycles. The van der Waals surface area contributed by atoms with E-state index in [9.17, 15) is 5.11 Å². The standard InChI is InChI=1S/C18H19BrClN3OS2/c19-15-16-17(26-18(15)14-10(21)4-1-5-12(14)24)11(7-13(20)23-16)22-8-9-3-2-6-25-9/h2-3,6-7,10,12,14,24H,1,4-5,8,21H2,(H,22,23)/t10-,12-,14+/m1/s1. The monoisotopic (exact) mass is 471 g/mol. The van der Waals surface area contributed by atoms with Crippen molar-refractivity contribution < 1.29 is 5.11 Å². The van der Waals surface area contributed by atoms with Crippen LogP contribution >= 0.6 is 50.2 Å². The first-order valence-corrected chi connectivity index (χ1v) is 11.4. The lowest BCUT2D eigenvalue weighted by Gasteiger charge is -2.32. The van der Waals surface area contributed by atoms with Crippen LogP contribution < -0.4 is 11.1 Å². The molecular weight excluding hydrogens is 454 g/mol. The van der Waals surface area contributed by atoms with Gasteiger partial charge in [-0.2, -0.15) is 0 Å². The van der Waals surface area contributed by atoms with E-state index in [-0.39, 0.29) is 12.0 Å². The van der Waals surface area contributed by atoms with Gasteiger partial charge in [0.25, 0.3) is 0 Å². The van der Waals surface area contributed by atoms with Crippen LogP contribution in [0.1, 0.15) is 34.9 Å². The minimum absolute atomic E-state index is 0.0406. The van der Waals surface area contributed by atoms with Gasteiger partial charge in [0.2, 0.25) is 0 Å². The molecule has 0 saturated heterocycles. The summed E-state index contributed by atoms with van der Waals surface area (Å²) in [4.78, 5) is 6.84. The molecule has 0 aromatic carbocycles. The summed E-state index contributed by atoms with van der Waals surface area (Å²) in [6.07, 6.45) is 2.27. The Balaban J connectivity index is 1.74. The van der Waals surface area contributed by atoms with E-state index in [1.54, 1.807) is 22.7 Å². The van der Waals surface area contributed by atoms with E-state index in [4.69, 9.17) is 17.3 Å². The maximum Gasteiger partial charge on any atom is 0.131 e. The molecule has 0 radical (unpaired) electrons. The fourth-order valence-electron chi connectivity index (χ4n) is 3.54. The molecule has 0 amide bonds. The van der Waals surface area contributed by atoms with Crippen molar-refractivity contribution in [3.05, 3.63) is 43.0 Å². The summed E-state index contributed by atoms with van der Waals surface area (Å²) in [5.41, 5.74) is 8.14. The zero-order valence-electron chi connectivity index (χ0n) is 13.9. The highest BCUT2D eigenvalue weighted by atomic mass is 79.9. The van der Waals surface area contributed by atoms with E-state index in [2.05, 4.69) is 37.7 Å². The zero-order valence-corrected chi connectivity index (χ0v) is 17.9. The lowest BCUT2D eigenvalue weighted by atomic mass is 9.82. The normalized spacial score (nSPS) is 23.5. The fraction of sp³-hybridized carbons (Fsp3) is 0.389. The summed E-state index contributed by atoms with van der Waals surface area (Å²) < 4.78 is 1.94. The number of rotatable bonds is 4. The number of nitrogens with zero attached hydrogens (tertiary/aromatic N) is 1. The van der Waals surface area contributed by atoms with Crippen LogP contribution in [0.4, 0.5) is 5.69 Å². The molecule has 3 heterocycles. The molecular formula is C18H19BrClN3OS2. The minimum atomic E-state index is -0.416. The second kappa shape index (κ2) is 7.73. The molecule has 8 heteroatoms. The van der Waals surface area contributed by atoms with Crippen LogP contribution in [0, 0.1) is 0 Å². The molecule has 0 aliphatic heterocycles. The first-order valence-electron chi connectivity index (χ1n) is 8.53. The number of thiophene rings is 2. The molecule has 3 atom stereocenters. The van der Waals surface area contributed by atoms with Crippen LogP contribution in [0.25, 0.3) is 10.2 Å². The first kappa shape index (κ1) is 18.7. The number of nitrogens with one attached hydrogen (secondary N) is 1. The number of fused-ring (bicyclic) bond motifs is 1. The molecule has 1 fully saturated rings. The number of anilines is 1. The molecule has 1 aliphatic rings. The molecule has 3 aromatic rings. The Morgan fingerprint density at radius 1 is 1.42 bits per heavy atom. The summed E-state index contributed by atoms with van der Waals surface area (Å²) in [5, 5.41) is 16.5. The first-order chi connectivity index (χ1) is 12.5. The van der Waals surface area contributed by atoms with Gasteiger partial charge in [0.1, 0.15) is 5.15 Å². The van der Waals surface area contributed by atoms with E-state index in [0.717, 1.165) is 51.1 Å². The minimum Gasteiger partial charge on any atom is -0.392 e. The molecule has 0 unspecified atom stereocenters. The van der Waals surface area contributed by atoms with Crippen molar-refractivity contribution in [3.63, 3.8) is 0 Å². The fourth-order valence-corrected chi connectivity index (χ4v) is 6.67. The number of hydrogen-bond donors (Lipinski definition) is 3. The van der Waals surface area contributed by atoms with Gasteiger partial charge in [-0.15, -0.1) is 22.7 Å². The van der Waals surface area contributed by atoms with Crippen molar-refractivity contribution in [2.75, 3.05) is 5.32 Å². The highest BCUT2D eigenvalue weighted by Gasteiger charge is 2.34. The van der Waals surface area contributed by atoms with Crippen LogP contribution in [-0.4, -0.2) is 22.2 Å². The molecule has 4 N–H and O–H groups in total. The lowest BCUT2D eigenvalue weighted by molar-refractivity contribution is 0.0964.